The Bertz CT molecular complexity index is 1180. The molecule has 0 saturated carbocycles. The van der Waals surface area contributed by atoms with Gasteiger partial charge in [0.25, 0.3) is 0 Å². The summed E-state index contributed by atoms with van der Waals surface area (Å²) in [5.74, 6) is -1.51. The molecule has 0 aliphatic heterocycles. The van der Waals surface area contributed by atoms with Crippen molar-refractivity contribution in [2.24, 2.45) is 5.41 Å². The fourth-order valence-electron chi connectivity index (χ4n) is 3.37. The predicted molar refractivity (Wildman–Crippen MR) is 122 cm³/mol. The number of nitrogens with one attached hydrogen (secondary N) is 1. The highest BCUT2D eigenvalue weighted by Crippen LogP contribution is 2.34. The first kappa shape index (κ1) is 25.3. The van der Waals surface area contributed by atoms with Crippen molar-refractivity contribution in [3.05, 3.63) is 71.3 Å². The van der Waals surface area contributed by atoms with Crippen molar-refractivity contribution in [1.29, 1.82) is 0 Å². The molecule has 0 unspecified atom stereocenters. The lowest BCUT2D eigenvalue weighted by molar-refractivity contribution is 0.0455. The minimum Gasteiger partial charge on any atom is -0.444 e. The number of benzene rings is 2. The molecule has 0 spiro atoms. The van der Waals surface area contributed by atoms with Gasteiger partial charge in [-0.25, -0.2) is 27.6 Å². The van der Waals surface area contributed by atoms with Gasteiger partial charge in [0.15, 0.2) is 11.6 Å². The van der Waals surface area contributed by atoms with Crippen molar-refractivity contribution in [1.82, 2.24) is 20.1 Å². The van der Waals surface area contributed by atoms with Crippen LogP contribution in [-0.2, 0) is 11.3 Å². The van der Waals surface area contributed by atoms with Crippen molar-refractivity contribution in [3.63, 3.8) is 0 Å². The lowest BCUT2D eigenvalue weighted by atomic mass is 9.86. The van der Waals surface area contributed by atoms with E-state index in [1.165, 1.54) is 16.8 Å². The zero-order chi connectivity index (χ0) is 25.3. The fraction of sp³-hybridized carbons (Fsp3) is 0.400. The quantitative estimate of drug-likeness (QED) is 0.491. The van der Waals surface area contributed by atoms with Gasteiger partial charge in [-0.05, 0) is 62.1 Å². The lowest BCUT2D eigenvalue weighted by Gasteiger charge is -2.31. The van der Waals surface area contributed by atoms with Gasteiger partial charge in [0.2, 0.25) is 0 Å². The Labute approximate surface area is 197 Å². The van der Waals surface area contributed by atoms with Crippen LogP contribution in [0.15, 0.2) is 42.5 Å². The second kappa shape index (κ2) is 9.48. The summed E-state index contributed by atoms with van der Waals surface area (Å²) in [7, 11) is 0. The lowest BCUT2D eigenvalue weighted by Crippen LogP contribution is -2.41. The molecule has 0 fully saturated rings. The molecule has 182 valence electrons. The van der Waals surface area contributed by atoms with Crippen molar-refractivity contribution >= 4 is 6.09 Å². The van der Waals surface area contributed by atoms with E-state index in [0.717, 1.165) is 18.2 Å². The first-order valence-corrected chi connectivity index (χ1v) is 10.9. The van der Waals surface area contributed by atoms with Crippen LogP contribution in [0, 0.1) is 22.9 Å². The van der Waals surface area contributed by atoms with Crippen LogP contribution in [0.1, 0.15) is 59.0 Å². The van der Waals surface area contributed by atoms with E-state index in [1.807, 2.05) is 20.8 Å². The van der Waals surface area contributed by atoms with Crippen LogP contribution < -0.4 is 5.32 Å². The Morgan fingerprint density at radius 1 is 1.03 bits per heavy atom. The Kier molecular flexibility index (Phi) is 7.05. The van der Waals surface area contributed by atoms with Gasteiger partial charge < -0.3 is 10.1 Å². The number of carbonyl (C=O) groups excluding carboxylic acids is 1. The highest BCUT2D eigenvalue weighted by molar-refractivity contribution is 5.68. The van der Waals surface area contributed by atoms with Gasteiger partial charge in [0.05, 0.1) is 18.2 Å². The van der Waals surface area contributed by atoms with Crippen LogP contribution in [0.5, 0.6) is 0 Å². The minimum absolute atomic E-state index is 0.0522. The van der Waals surface area contributed by atoms with E-state index in [-0.39, 0.29) is 17.9 Å². The summed E-state index contributed by atoms with van der Waals surface area (Å²) in [4.78, 5) is 17.1. The minimum atomic E-state index is -0.725. The summed E-state index contributed by atoms with van der Waals surface area (Å²) in [6, 6.07) is 8.24. The van der Waals surface area contributed by atoms with Crippen molar-refractivity contribution in [2.45, 2.75) is 59.7 Å². The molecule has 1 N–H and O–H groups in total. The molecule has 3 rings (SSSR count). The van der Waals surface area contributed by atoms with Crippen LogP contribution in [0.2, 0.25) is 0 Å². The first-order valence-electron chi connectivity index (χ1n) is 10.9. The average Bonchev–Trinajstić information content (AvgIpc) is 3.08. The maximum absolute atomic E-state index is 14.5. The second-order valence-corrected chi connectivity index (χ2v) is 10.2. The molecule has 2 aromatic carbocycles. The summed E-state index contributed by atoms with van der Waals surface area (Å²) < 4.78 is 49.1. The highest BCUT2D eigenvalue weighted by Gasteiger charge is 2.34. The van der Waals surface area contributed by atoms with Gasteiger partial charge in [-0.15, -0.1) is 0 Å². The van der Waals surface area contributed by atoms with Gasteiger partial charge >= 0.3 is 6.09 Å². The van der Waals surface area contributed by atoms with Crippen LogP contribution in [-0.4, -0.2) is 26.5 Å². The number of halogens is 3. The van der Waals surface area contributed by atoms with Gasteiger partial charge in [0.1, 0.15) is 23.1 Å². The molecular formula is C25H29F3N4O2. The summed E-state index contributed by atoms with van der Waals surface area (Å²) in [5.41, 5.74) is -0.828. The fourth-order valence-corrected chi connectivity index (χ4v) is 3.37. The van der Waals surface area contributed by atoms with E-state index in [2.05, 4.69) is 15.4 Å². The maximum Gasteiger partial charge on any atom is 0.408 e. The molecule has 1 atom stereocenters. The first-order chi connectivity index (χ1) is 15.7. The molecule has 3 aromatic rings. The summed E-state index contributed by atoms with van der Waals surface area (Å²) in [6.45, 7) is 11.0. The number of carbonyl (C=O) groups is 1. The third kappa shape index (κ3) is 6.36. The van der Waals surface area contributed by atoms with Gasteiger partial charge in [-0.1, -0.05) is 32.9 Å². The third-order valence-electron chi connectivity index (χ3n) is 4.88. The number of amides is 1. The summed E-state index contributed by atoms with van der Waals surface area (Å²) in [6.07, 6.45) is -0.661. The van der Waals surface area contributed by atoms with Crippen LogP contribution in [0.4, 0.5) is 18.0 Å². The molecule has 6 nitrogen and oxygen atoms in total. The van der Waals surface area contributed by atoms with Crippen molar-refractivity contribution in [2.75, 3.05) is 0 Å². The molecule has 34 heavy (non-hydrogen) atoms. The van der Waals surface area contributed by atoms with Crippen LogP contribution in [0.3, 0.4) is 0 Å². The van der Waals surface area contributed by atoms with Gasteiger partial charge in [-0.3, -0.25) is 0 Å². The highest BCUT2D eigenvalue weighted by atomic mass is 19.1. The second-order valence-electron chi connectivity index (χ2n) is 10.2. The van der Waals surface area contributed by atoms with E-state index >= 15 is 0 Å². The number of aromatic nitrogens is 3. The van der Waals surface area contributed by atoms with E-state index in [9.17, 15) is 18.0 Å². The smallest absolute Gasteiger partial charge is 0.408 e. The molecule has 0 saturated heterocycles. The Balaban J connectivity index is 2.11. The molecular weight excluding hydrogens is 445 g/mol. The topological polar surface area (TPSA) is 69.0 Å². The molecule has 9 heteroatoms. The number of hydrogen-bond acceptors (Lipinski definition) is 4. The van der Waals surface area contributed by atoms with Crippen LogP contribution >= 0.6 is 0 Å². The summed E-state index contributed by atoms with van der Waals surface area (Å²) >= 11 is 0. The Morgan fingerprint density at radius 2 is 1.71 bits per heavy atom. The zero-order valence-corrected chi connectivity index (χ0v) is 20.1. The Morgan fingerprint density at radius 3 is 2.32 bits per heavy atom. The number of alkyl carbamates (subject to hydrolysis) is 1. The van der Waals surface area contributed by atoms with E-state index in [4.69, 9.17) is 4.74 Å². The SMILES string of the molecule is CC(C)(C)OC(=O)N[C@@H](c1nc(-c2cc(F)ccc2F)nn1Cc1cccc(F)c1)C(C)(C)C. The number of rotatable bonds is 5. The number of hydrogen-bond donors (Lipinski definition) is 1. The standard InChI is InChI=1S/C25H29F3N4O2/c1-24(2,3)20(29-23(33)34-25(4,5)6)22-30-21(18-13-17(27)10-11-19(18)28)31-32(22)14-15-8-7-9-16(26)12-15/h7-13,20H,14H2,1-6H3,(H,29,33)/t20-/m0/s1. The molecule has 1 aromatic heterocycles. The molecule has 0 aliphatic carbocycles. The van der Waals surface area contributed by atoms with Crippen molar-refractivity contribution < 1.29 is 22.7 Å². The largest absolute Gasteiger partial charge is 0.444 e. The van der Waals surface area contributed by atoms with E-state index < -0.39 is 40.6 Å². The normalized spacial score (nSPS) is 13.0. The average molecular weight is 475 g/mol. The molecule has 1 amide bonds. The Hall–Kier alpha value is -3.36. The molecule has 0 radical (unpaired) electrons. The van der Waals surface area contributed by atoms with Gasteiger partial charge in [0, 0.05) is 0 Å². The predicted octanol–water partition coefficient (Wildman–Crippen LogP) is 6.02. The zero-order valence-electron chi connectivity index (χ0n) is 20.1. The number of ether oxygens (including phenoxy) is 1. The van der Waals surface area contributed by atoms with Gasteiger partial charge in [-0.2, -0.15) is 5.10 Å². The summed E-state index contributed by atoms with van der Waals surface area (Å²) in [5, 5.41) is 7.24. The number of nitrogens with zero attached hydrogens (tertiary/aromatic N) is 3. The molecule has 1 heterocycles. The van der Waals surface area contributed by atoms with E-state index in [1.54, 1.807) is 32.9 Å². The van der Waals surface area contributed by atoms with E-state index in [0.29, 0.717) is 11.4 Å². The maximum atomic E-state index is 14.5. The molecule has 0 aliphatic rings. The van der Waals surface area contributed by atoms with Crippen molar-refractivity contribution in [3.8, 4) is 11.4 Å². The van der Waals surface area contributed by atoms with Crippen LogP contribution in [0.25, 0.3) is 11.4 Å². The third-order valence-corrected chi connectivity index (χ3v) is 4.88. The monoisotopic (exact) mass is 474 g/mol. The molecule has 0 bridgehead atoms.